The minimum absolute atomic E-state index is 0.679. The number of rotatable bonds is 3. The van der Waals surface area contributed by atoms with Crippen LogP contribution in [0.25, 0.3) is 0 Å². The van der Waals surface area contributed by atoms with Crippen molar-refractivity contribution in [1.82, 2.24) is 5.32 Å². The van der Waals surface area contributed by atoms with Gasteiger partial charge in [-0.1, -0.05) is 0 Å². The molecule has 0 heterocycles. The molecule has 2 N–H and O–H groups in total. The summed E-state index contributed by atoms with van der Waals surface area (Å²) in [4.78, 5) is 22.5. The third-order valence-corrected chi connectivity index (χ3v) is 1.60. The van der Waals surface area contributed by atoms with Gasteiger partial charge in [0.25, 0.3) is 0 Å². The molecule has 0 rings (SSSR count). The van der Waals surface area contributed by atoms with Gasteiger partial charge in [0, 0.05) is 0 Å². The van der Waals surface area contributed by atoms with E-state index in [1.165, 1.54) is 14.0 Å². The molecular weight excluding hydrogens is 214 g/mol. The Hall–Kier alpha value is -1.30. The predicted molar refractivity (Wildman–Crippen MR) is 56.9 cm³/mol. The van der Waals surface area contributed by atoms with E-state index in [0.717, 1.165) is 0 Å². The topological polar surface area (TPSA) is 84.9 Å². The van der Waals surface area contributed by atoms with Crippen molar-refractivity contribution in [2.75, 3.05) is 7.11 Å². The summed E-state index contributed by atoms with van der Waals surface area (Å²) in [7, 11) is 1.17. The zero-order valence-corrected chi connectivity index (χ0v) is 10.2. The smallest absolute Gasteiger partial charge is 0.407 e. The molecule has 2 atom stereocenters. The molecular formula is C10H19NO5. The Morgan fingerprint density at radius 1 is 1.31 bits per heavy atom. The summed E-state index contributed by atoms with van der Waals surface area (Å²) in [6.07, 6.45) is -1.86. The van der Waals surface area contributed by atoms with Crippen LogP contribution >= 0.6 is 0 Å². The number of carbonyl (C=O) groups is 2. The van der Waals surface area contributed by atoms with Crippen molar-refractivity contribution in [3.05, 3.63) is 0 Å². The molecule has 0 aliphatic carbocycles. The summed E-state index contributed by atoms with van der Waals surface area (Å²) in [5, 5.41) is 11.6. The van der Waals surface area contributed by atoms with Crippen molar-refractivity contribution in [2.24, 2.45) is 0 Å². The highest BCUT2D eigenvalue weighted by Crippen LogP contribution is 2.10. The monoisotopic (exact) mass is 233 g/mol. The molecule has 16 heavy (non-hydrogen) atoms. The first-order valence-electron chi connectivity index (χ1n) is 4.93. The molecule has 0 radical (unpaired) electrons. The van der Waals surface area contributed by atoms with Crippen LogP contribution in [0.2, 0.25) is 0 Å². The second-order valence-corrected chi connectivity index (χ2v) is 4.39. The van der Waals surface area contributed by atoms with Gasteiger partial charge >= 0.3 is 12.1 Å². The van der Waals surface area contributed by atoms with Crippen molar-refractivity contribution in [3.8, 4) is 0 Å². The van der Waals surface area contributed by atoms with Gasteiger partial charge in [0.2, 0.25) is 0 Å². The molecule has 0 saturated heterocycles. The lowest BCUT2D eigenvalue weighted by Gasteiger charge is -2.25. The van der Waals surface area contributed by atoms with E-state index in [0.29, 0.717) is 0 Å². The molecule has 0 unspecified atom stereocenters. The normalized spacial score (nSPS) is 14.9. The summed E-state index contributed by atoms with van der Waals surface area (Å²) in [6.45, 7) is 6.47. The van der Waals surface area contributed by atoms with Crippen molar-refractivity contribution in [1.29, 1.82) is 0 Å². The van der Waals surface area contributed by atoms with Gasteiger partial charge in [-0.25, -0.2) is 9.59 Å². The zero-order valence-electron chi connectivity index (χ0n) is 10.2. The lowest BCUT2D eigenvalue weighted by Crippen LogP contribution is -2.50. The standard InChI is InChI=1S/C10H19NO5/c1-6(12)7(11-9(14)15-5)8(13)16-10(2,3)4/h6-7,12H,1-5H3,(H,11,14)/t6-,7+/m1/s1. The number of alkyl carbamates (subject to hydrolysis) is 1. The van der Waals surface area contributed by atoms with E-state index in [1.807, 2.05) is 0 Å². The zero-order chi connectivity index (χ0) is 12.9. The quantitative estimate of drug-likeness (QED) is 0.691. The van der Waals surface area contributed by atoms with Gasteiger partial charge < -0.3 is 19.9 Å². The molecule has 0 bridgehead atoms. The Labute approximate surface area is 94.9 Å². The maximum Gasteiger partial charge on any atom is 0.407 e. The average Bonchev–Trinajstić information content (AvgIpc) is 2.09. The van der Waals surface area contributed by atoms with E-state index >= 15 is 0 Å². The molecule has 0 saturated carbocycles. The molecule has 0 aliphatic heterocycles. The van der Waals surface area contributed by atoms with E-state index in [2.05, 4.69) is 10.1 Å². The van der Waals surface area contributed by atoms with Crippen LogP contribution in [0.3, 0.4) is 0 Å². The number of ether oxygens (including phenoxy) is 2. The first-order chi connectivity index (χ1) is 7.17. The summed E-state index contributed by atoms with van der Waals surface area (Å²) in [6, 6.07) is -1.13. The minimum atomic E-state index is -1.13. The molecule has 0 aliphatic rings. The lowest BCUT2D eigenvalue weighted by molar-refractivity contribution is -0.160. The van der Waals surface area contributed by atoms with E-state index in [9.17, 15) is 14.7 Å². The highest BCUT2D eigenvalue weighted by Gasteiger charge is 2.30. The van der Waals surface area contributed by atoms with Crippen LogP contribution in [-0.2, 0) is 14.3 Å². The Kier molecular flexibility index (Phi) is 5.23. The van der Waals surface area contributed by atoms with Gasteiger partial charge in [-0.2, -0.15) is 0 Å². The van der Waals surface area contributed by atoms with Gasteiger partial charge in [0.15, 0.2) is 6.04 Å². The molecule has 0 aromatic rings. The van der Waals surface area contributed by atoms with Crippen LogP contribution in [0.5, 0.6) is 0 Å². The number of carbonyl (C=O) groups excluding carboxylic acids is 2. The highest BCUT2D eigenvalue weighted by atomic mass is 16.6. The van der Waals surface area contributed by atoms with E-state index < -0.39 is 29.8 Å². The fraction of sp³-hybridized carbons (Fsp3) is 0.800. The van der Waals surface area contributed by atoms with Crippen LogP contribution in [0.1, 0.15) is 27.7 Å². The fourth-order valence-corrected chi connectivity index (χ4v) is 0.928. The van der Waals surface area contributed by atoms with Crippen molar-refractivity contribution in [3.63, 3.8) is 0 Å². The van der Waals surface area contributed by atoms with Gasteiger partial charge in [0.1, 0.15) is 5.60 Å². The largest absolute Gasteiger partial charge is 0.458 e. The third-order valence-electron chi connectivity index (χ3n) is 1.60. The van der Waals surface area contributed by atoms with Crippen LogP contribution in [-0.4, -0.2) is 42.0 Å². The van der Waals surface area contributed by atoms with Crippen LogP contribution in [0.15, 0.2) is 0 Å². The fourth-order valence-electron chi connectivity index (χ4n) is 0.928. The number of aliphatic hydroxyl groups excluding tert-OH is 1. The van der Waals surface area contributed by atoms with Crippen molar-refractivity contribution in [2.45, 2.75) is 45.4 Å². The molecule has 0 aromatic heterocycles. The summed E-state index contributed by atoms with van der Waals surface area (Å²) in [5.74, 6) is -0.701. The maximum atomic E-state index is 11.6. The van der Waals surface area contributed by atoms with Crippen LogP contribution in [0, 0.1) is 0 Å². The van der Waals surface area contributed by atoms with Crippen LogP contribution in [0.4, 0.5) is 4.79 Å². The predicted octanol–water partition coefficient (Wildman–Crippen LogP) is 0.433. The molecule has 94 valence electrons. The molecule has 6 nitrogen and oxygen atoms in total. The summed E-state index contributed by atoms with van der Waals surface area (Å²) >= 11 is 0. The third kappa shape index (κ3) is 5.55. The number of aliphatic hydroxyl groups is 1. The Morgan fingerprint density at radius 3 is 2.12 bits per heavy atom. The maximum absolute atomic E-state index is 11.6. The molecule has 6 heteroatoms. The number of amides is 1. The van der Waals surface area contributed by atoms with Gasteiger partial charge in [-0.3, -0.25) is 0 Å². The van der Waals surface area contributed by atoms with Crippen molar-refractivity contribution < 1.29 is 24.2 Å². The van der Waals surface area contributed by atoms with Crippen LogP contribution < -0.4 is 5.32 Å². The van der Waals surface area contributed by atoms with Gasteiger partial charge in [-0.15, -0.1) is 0 Å². The number of hydrogen-bond donors (Lipinski definition) is 2. The first kappa shape index (κ1) is 14.7. The minimum Gasteiger partial charge on any atom is -0.458 e. The number of methoxy groups -OCH3 is 1. The average molecular weight is 233 g/mol. The summed E-state index contributed by atoms with van der Waals surface area (Å²) < 4.78 is 9.38. The SMILES string of the molecule is COC(=O)N[C@H](C(=O)OC(C)(C)C)[C@@H](C)O. The van der Waals surface area contributed by atoms with E-state index in [1.54, 1.807) is 20.8 Å². The molecule has 0 spiro atoms. The Balaban J connectivity index is 4.54. The molecule has 1 amide bonds. The highest BCUT2D eigenvalue weighted by molar-refractivity contribution is 5.82. The Bertz CT molecular complexity index is 256. The lowest BCUT2D eigenvalue weighted by atomic mass is 10.1. The first-order valence-corrected chi connectivity index (χ1v) is 4.93. The molecule has 0 aromatic carbocycles. The molecule has 0 fully saturated rings. The second kappa shape index (κ2) is 5.69. The van der Waals surface area contributed by atoms with E-state index in [4.69, 9.17) is 4.74 Å². The number of esters is 1. The second-order valence-electron chi connectivity index (χ2n) is 4.39. The number of nitrogens with one attached hydrogen (secondary N) is 1. The van der Waals surface area contributed by atoms with E-state index in [-0.39, 0.29) is 0 Å². The summed E-state index contributed by atoms with van der Waals surface area (Å²) in [5.41, 5.74) is -0.679. The number of hydrogen-bond acceptors (Lipinski definition) is 5. The van der Waals surface area contributed by atoms with Crippen molar-refractivity contribution >= 4 is 12.1 Å². The van der Waals surface area contributed by atoms with Gasteiger partial charge in [0.05, 0.1) is 13.2 Å². The Morgan fingerprint density at radius 2 is 1.81 bits per heavy atom. The van der Waals surface area contributed by atoms with Gasteiger partial charge in [-0.05, 0) is 27.7 Å².